The molecular weight excluding hydrogens is 608 g/mol. The molecule has 3 aliphatic heterocycles. The molecule has 5 rings (SSSR count). The zero-order chi connectivity index (χ0) is 33.4. The Kier molecular flexibility index (Phi) is 9.40. The van der Waals surface area contributed by atoms with E-state index < -0.39 is 52.9 Å². The lowest BCUT2D eigenvalue weighted by Crippen LogP contribution is -2.55. The Morgan fingerprint density at radius 2 is 1.85 bits per heavy atom. The number of carbonyl (C=O) groups excluding carboxylic acids is 2. The van der Waals surface area contributed by atoms with E-state index in [1.807, 2.05) is 13.8 Å². The van der Waals surface area contributed by atoms with Gasteiger partial charge in [0.2, 0.25) is 5.95 Å². The second kappa shape index (κ2) is 12.8. The number of aromatic nitrogens is 2. The van der Waals surface area contributed by atoms with Gasteiger partial charge in [0.1, 0.15) is 11.4 Å². The first-order chi connectivity index (χ1) is 21.5. The fourth-order valence-corrected chi connectivity index (χ4v) is 6.34. The summed E-state index contributed by atoms with van der Waals surface area (Å²) < 4.78 is 67.0. The van der Waals surface area contributed by atoms with Gasteiger partial charge in [-0.3, -0.25) is 4.90 Å². The second-order valence-electron chi connectivity index (χ2n) is 13.8. The summed E-state index contributed by atoms with van der Waals surface area (Å²) >= 11 is 0. The van der Waals surface area contributed by atoms with Gasteiger partial charge in [-0.05, 0) is 84.4 Å². The van der Waals surface area contributed by atoms with Crippen LogP contribution in [-0.2, 0) is 28.6 Å². The van der Waals surface area contributed by atoms with Crippen LogP contribution in [0.25, 0.3) is 0 Å². The molecule has 252 valence electrons. The van der Waals surface area contributed by atoms with E-state index in [2.05, 4.69) is 20.6 Å². The van der Waals surface area contributed by atoms with Crippen LogP contribution in [0.4, 0.5) is 33.1 Å². The third-order valence-corrected chi connectivity index (χ3v) is 8.74. The van der Waals surface area contributed by atoms with Crippen molar-refractivity contribution >= 4 is 18.1 Å². The van der Waals surface area contributed by atoms with Crippen LogP contribution in [0.3, 0.4) is 0 Å². The number of carbonyl (C=O) groups is 2. The highest BCUT2D eigenvalue weighted by Gasteiger charge is 2.49. The monoisotopic (exact) mass is 650 g/mol. The molecule has 2 N–H and O–H groups in total. The molecule has 0 radical (unpaired) electrons. The number of amides is 3. The molecule has 0 spiro atoms. The summed E-state index contributed by atoms with van der Waals surface area (Å²) in [4.78, 5) is 39.5. The molecule has 3 amide bonds. The minimum Gasteiger partial charge on any atom is -0.444 e. The average Bonchev–Trinajstić information content (AvgIpc) is 3.29. The Balaban J connectivity index is 1.42. The number of hydrogen-bond acceptors (Lipinski definition) is 7. The normalized spacial score (nSPS) is 21.0. The lowest BCUT2D eigenvalue weighted by atomic mass is 9.95. The lowest BCUT2D eigenvalue weighted by Gasteiger charge is -2.40. The molecule has 2 aromatic rings. The van der Waals surface area contributed by atoms with E-state index >= 15 is 4.39 Å². The summed E-state index contributed by atoms with van der Waals surface area (Å²) in [7, 11) is 0. The number of rotatable bonds is 5. The maximum absolute atomic E-state index is 15.6. The molecule has 14 heteroatoms. The smallest absolute Gasteiger partial charge is 0.416 e. The topological polar surface area (TPSA) is 109 Å². The number of fused-ring (bicyclic) bond motifs is 1. The van der Waals surface area contributed by atoms with Gasteiger partial charge in [0.05, 0.1) is 29.9 Å². The fraction of sp³-hybridized carbons (Fsp3) is 0.625. The van der Waals surface area contributed by atoms with Crippen LogP contribution in [0.5, 0.6) is 0 Å². The van der Waals surface area contributed by atoms with Crippen molar-refractivity contribution in [2.45, 2.75) is 109 Å². The van der Waals surface area contributed by atoms with E-state index in [-0.39, 0.29) is 18.2 Å². The number of nitrogens with zero attached hydrogens (tertiary/aromatic N) is 4. The molecular formula is C32H42F4N6O4. The van der Waals surface area contributed by atoms with E-state index in [4.69, 9.17) is 9.47 Å². The molecule has 0 saturated carbocycles. The zero-order valence-corrected chi connectivity index (χ0v) is 26.8. The SMILES string of the molecule is CC(C)(C)OC(=O)N1[C@H]([C@@H](NC(=O)N2CCc3cnc(NC4CCOCC4)nc3C2)c2ccc(C(F)(F)F)cc2F)CCC1(C)C. The van der Waals surface area contributed by atoms with Crippen LogP contribution in [0.1, 0.15) is 88.7 Å². The first-order valence-corrected chi connectivity index (χ1v) is 15.7. The molecule has 10 nitrogen and oxygen atoms in total. The summed E-state index contributed by atoms with van der Waals surface area (Å²) in [5.41, 5.74) is -1.29. The Hall–Kier alpha value is -3.68. The molecule has 0 bridgehead atoms. The second-order valence-corrected chi connectivity index (χ2v) is 13.8. The average molecular weight is 651 g/mol. The third-order valence-electron chi connectivity index (χ3n) is 8.74. The van der Waals surface area contributed by atoms with Gasteiger partial charge in [-0.15, -0.1) is 0 Å². The first-order valence-electron chi connectivity index (χ1n) is 15.7. The van der Waals surface area contributed by atoms with Crippen molar-refractivity contribution in [2.75, 3.05) is 25.1 Å². The minimum atomic E-state index is -4.75. The predicted octanol–water partition coefficient (Wildman–Crippen LogP) is 6.21. The number of ether oxygens (including phenoxy) is 2. The van der Waals surface area contributed by atoms with Gasteiger partial charge in [-0.2, -0.15) is 13.2 Å². The number of alkyl halides is 3. The number of benzene rings is 1. The number of urea groups is 1. The van der Waals surface area contributed by atoms with Gasteiger partial charge in [0.25, 0.3) is 0 Å². The highest BCUT2D eigenvalue weighted by molar-refractivity contribution is 5.76. The molecule has 0 aliphatic carbocycles. The maximum Gasteiger partial charge on any atom is 0.416 e. The van der Waals surface area contributed by atoms with Gasteiger partial charge in [0, 0.05) is 43.1 Å². The summed E-state index contributed by atoms with van der Waals surface area (Å²) in [5, 5.41) is 6.22. The molecule has 1 aromatic carbocycles. The number of hydrogen-bond donors (Lipinski definition) is 2. The van der Waals surface area contributed by atoms with Gasteiger partial charge < -0.3 is 25.0 Å². The van der Waals surface area contributed by atoms with Gasteiger partial charge >= 0.3 is 18.3 Å². The molecule has 2 saturated heterocycles. The van der Waals surface area contributed by atoms with E-state index in [1.165, 1.54) is 9.80 Å². The summed E-state index contributed by atoms with van der Waals surface area (Å²) in [6.07, 6.45) is -0.655. The van der Waals surface area contributed by atoms with Crippen molar-refractivity contribution in [1.29, 1.82) is 0 Å². The highest BCUT2D eigenvalue weighted by atomic mass is 19.4. The van der Waals surface area contributed by atoms with Crippen molar-refractivity contribution < 1.29 is 36.6 Å². The van der Waals surface area contributed by atoms with Gasteiger partial charge in [0.15, 0.2) is 0 Å². The number of halogens is 4. The first kappa shape index (κ1) is 33.7. The molecule has 0 unspecified atom stereocenters. The Bertz CT molecular complexity index is 1440. The van der Waals surface area contributed by atoms with Crippen molar-refractivity contribution in [3.8, 4) is 0 Å². The van der Waals surface area contributed by atoms with Crippen molar-refractivity contribution in [3.05, 3.63) is 52.6 Å². The summed E-state index contributed by atoms with van der Waals surface area (Å²) in [5.74, 6) is -0.673. The number of likely N-dealkylation sites (tertiary alicyclic amines) is 1. The van der Waals surface area contributed by atoms with Crippen LogP contribution >= 0.6 is 0 Å². The van der Waals surface area contributed by atoms with E-state index in [0.29, 0.717) is 56.7 Å². The molecule has 3 aliphatic rings. The van der Waals surface area contributed by atoms with Gasteiger partial charge in [-0.25, -0.2) is 23.9 Å². The van der Waals surface area contributed by atoms with Crippen LogP contribution in [-0.4, -0.2) is 74.9 Å². The molecule has 4 heterocycles. The van der Waals surface area contributed by atoms with E-state index in [9.17, 15) is 22.8 Å². The van der Waals surface area contributed by atoms with Crippen LogP contribution in [0.2, 0.25) is 0 Å². The highest BCUT2D eigenvalue weighted by Crippen LogP contribution is 2.42. The maximum atomic E-state index is 15.6. The van der Waals surface area contributed by atoms with Gasteiger partial charge in [-0.1, -0.05) is 6.07 Å². The zero-order valence-electron chi connectivity index (χ0n) is 26.8. The largest absolute Gasteiger partial charge is 0.444 e. The standard InChI is InChI=1S/C32H42F4N6O4/c1-30(2,3)46-29(44)42-25(8-12-31(42,4)5)26(22-7-6-20(16-23(22)33)32(34,35)36)40-28(43)41-13-9-19-17-37-27(39-24(19)18-41)38-21-10-14-45-15-11-21/h6-7,16-17,21,25-26H,8-15,18H2,1-5H3,(H,40,43)(H,37,38,39)/t25-,26-/m0/s1. The van der Waals surface area contributed by atoms with Crippen molar-refractivity contribution in [2.24, 2.45) is 0 Å². The van der Waals surface area contributed by atoms with E-state index in [0.717, 1.165) is 30.5 Å². The summed E-state index contributed by atoms with van der Waals surface area (Å²) in [6.45, 7) is 10.6. The lowest BCUT2D eigenvalue weighted by molar-refractivity contribution is -0.137. The number of nitrogens with one attached hydrogen (secondary N) is 2. The van der Waals surface area contributed by atoms with Crippen LogP contribution in [0.15, 0.2) is 24.4 Å². The van der Waals surface area contributed by atoms with Crippen LogP contribution in [0, 0.1) is 5.82 Å². The minimum absolute atomic E-state index is 0.153. The third kappa shape index (κ3) is 7.64. The Labute approximate surface area is 266 Å². The summed E-state index contributed by atoms with van der Waals surface area (Å²) in [6, 6.07) is -0.0889. The quantitative estimate of drug-likeness (QED) is 0.371. The predicted molar refractivity (Wildman–Crippen MR) is 161 cm³/mol. The number of anilines is 1. The fourth-order valence-electron chi connectivity index (χ4n) is 6.34. The molecule has 2 fully saturated rings. The molecule has 46 heavy (non-hydrogen) atoms. The van der Waals surface area contributed by atoms with Crippen molar-refractivity contribution in [3.63, 3.8) is 0 Å². The van der Waals surface area contributed by atoms with E-state index in [1.54, 1.807) is 27.0 Å². The Morgan fingerprint density at radius 1 is 1.13 bits per heavy atom. The molecule has 2 atom stereocenters. The molecule has 1 aromatic heterocycles. The Morgan fingerprint density at radius 3 is 2.50 bits per heavy atom. The van der Waals surface area contributed by atoms with Crippen molar-refractivity contribution in [1.82, 2.24) is 25.1 Å². The van der Waals surface area contributed by atoms with Crippen LogP contribution < -0.4 is 10.6 Å².